The van der Waals surface area contributed by atoms with Crippen LogP contribution in [-0.4, -0.2) is 33.4 Å². The number of amides is 2. The molecule has 0 unspecified atom stereocenters. The van der Waals surface area contributed by atoms with Crippen molar-refractivity contribution in [3.05, 3.63) is 48.5 Å². The molecule has 2 amide bonds. The first-order valence-corrected chi connectivity index (χ1v) is 9.54. The zero-order valence-corrected chi connectivity index (χ0v) is 16.0. The van der Waals surface area contributed by atoms with Gasteiger partial charge in [0.1, 0.15) is 5.75 Å². The van der Waals surface area contributed by atoms with Gasteiger partial charge in [-0.1, -0.05) is 0 Å². The van der Waals surface area contributed by atoms with Crippen molar-refractivity contribution in [3.8, 4) is 5.75 Å². The maximum absolute atomic E-state index is 12.4. The van der Waals surface area contributed by atoms with Crippen molar-refractivity contribution >= 4 is 33.2 Å². The minimum absolute atomic E-state index is 0.0302. The van der Waals surface area contributed by atoms with Gasteiger partial charge in [-0.25, -0.2) is 8.42 Å². The fourth-order valence-corrected chi connectivity index (χ4v) is 3.40. The van der Waals surface area contributed by atoms with E-state index in [1.54, 1.807) is 24.3 Å². The van der Waals surface area contributed by atoms with E-state index >= 15 is 0 Å². The molecule has 0 fully saturated rings. The van der Waals surface area contributed by atoms with Crippen LogP contribution < -0.4 is 20.1 Å². The standard InChI is InChI=1S/C18H21N3O5S/c1-12(21-27(24,25)17-10-8-16(26-3)9-11-17)18(23)20-15-6-4-14(5-7-15)19-13(2)22/h4-12,21H,1-3H3,(H,19,22)(H,20,23)/t12-/m0/s1. The molecule has 0 bridgehead atoms. The molecule has 0 saturated heterocycles. The lowest BCUT2D eigenvalue weighted by atomic mass is 10.2. The number of ether oxygens (including phenoxy) is 1. The van der Waals surface area contributed by atoms with E-state index in [0.717, 1.165) is 0 Å². The van der Waals surface area contributed by atoms with E-state index in [9.17, 15) is 18.0 Å². The van der Waals surface area contributed by atoms with Crippen molar-refractivity contribution in [3.63, 3.8) is 0 Å². The van der Waals surface area contributed by atoms with Gasteiger partial charge in [0.25, 0.3) is 0 Å². The zero-order chi connectivity index (χ0) is 20.0. The van der Waals surface area contributed by atoms with Gasteiger partial charge < -0.3 is 15.4 Å². The second-order valence-corrected chi connectivity index (χ2v) is 7.48. The molecule has 0 spiro atoms. The van der Waals surface area contributed by atoms with Crippen LogP contribution in [0.3, 0.4) is 0 Å². The summed E-state index contributed by atoms with van der Waals surface area (Å²) < 4.78 is 32.1. The molecule has 8 nitrogen and oxygen atoms in total. The SMILES string of the molecule is COc1ccc(S(=O)(=O)N[C@@H](C)C(=O)Nc2ccc(NC(C)=O)cc2)cc1. The van der Waals surface area contributed by atoms with Crippen LogP contribution in [0.4, 0.5) is 11.4 Å². The van der Waals surface area contributed by atoms with Crippen LogP contribution in [-0.2, 0) is 19.6 Å². The van der Waals surface area contributed by atoms with Gasteiger partial charge in [-0.3, -0.25) is 9.59 Å². The molecule has 0 aliphatic rings. The van der Waals surface area contributed by atoms with E-state index in [4.69, 9.17) is 4.74 Å². The third-order valence-electron chi connectivity index (χ3n) is 3.57. The summed E-state index contributed by atoms with van der Waals surface area (Å²) in [5, 5.41) is 5.23. The van der Waals surface area contributed by atoms with Gasteiger partial charge >= 0.3 is 0 Å². The van der Waals surface area contributed by atoms with Crippen molar-refractivity contribution in [2.45, 2.75) is 24.8 Å². The Morgan fingerprint density at radius 3 is 1.93 bits per heavy atom. The van der Waals surface area contributed by atoms with Crippen molar-refractivity contribution in [1.29, 1.82) is 0 Å². The highest BCUT2D eigenvalue weighted by atomic mass is 32.2. The van der Waals surface area contributed by atoms with Crippen LogP contribution in [0.1, 0.15) is 13.8 Å². The number of nitrogens with one attached hydrogen (secondary N) is 3. The van der Waals surface area contributed by atoms with Crippen molar-refractivity contribution < 1.29 is 22.7 Å². The summed E-state index contributed by atoms with van der Waals surface area (Å²) in [5.41, 5.74) is 1.07. The molecule has 144 valence electrons. The lowest BCUT2D eigenvalue weighted by Crippen LogP contribution is -2.41. The number of benzene rings is 2. The topological polar surface area (TPSA) is 114 Å². The Labute approximate surface area is 158 Å². The van der Waals surface area contributed by atoms with Gasteiger partial charge in [0.15, 0.2) is 0 Å². The molecule has 0 heterocycles. The average molecular weight is 391 g/mol. The molecule has 2 aromatic rings. The number of hydrogen-bond donors (Lipinski definition) is 3. The molecule has 0 radical (unpaired) electrons. The highest BCUT2D eigenvalue weighted by Gasteiger charge is 2.22. The number of hydrogen-bond acceptors (Lipinski definition) is 5. The highest BCUT2D eigenvalue weighted by molar-refractivity contribution is 7.89. The Hall–Kier alpha value is -2.91. The van der Waals surface area contributed by atoms with Crippen LogP contribution in [0.25, 0.3) is 0 Å². The number of carbonyl (C=O) groups excluding carboxylic acids is 2. The van der Waals surface area contributed by atoms with E-state index in [1.165, 1.54) is 45.2 Å². The molecule has 0 aliphatic heterocycles. The van der Waals surface area contributed by atoms with Gasteiger partial charge in [-0.05, 0) is 55.5 Å². The first kappa shape index (κ1) is 20.4. The summed E-state index contributed by atoms with van der Waals surface area (Å²) in [6.07, 6.45) is 0. The molecule has 0 aromatic heterocycles. The Morgan fingerprint density at radius 2 is 1.44 bits per heavy atom. The summed E-state index contributed by atoms with van der Waals surface area (Å²) in [7, 11) is -2.37. The normalized spacial score (nSPS) is 12.1. The lowest BCUT2D eigenvalue weighted by Gasteiger charge is -2.15. The molecule has 3 N–H and O–H groups in total. The summed E-state index contributed by atoms with van der Waals surface area (Å²) in [5.74, 6) is -0.185. The predicted molar refractivity (Wildman–Crippen MR) is 102 cm³/mol. The quantitative estimate of drug-likeness (QED) is 0.668. The minimum atomic E-state index is -3.86. The second-order valence-electron chi connectivity index (χ2n) is 5.77. The van der Waals surface area contributed by atoms with Crippen LogP contribution in [0, 0.1) is 0 Å². The van der Waals surface area contributed by atoms with E-state index in [-0.39, 0.29) is 10.8 Å². The van der Waals surface area contributed by atoms with Crippen molar-refractivity contribution in [2.24, 2.45) is 0 Å². The maximum Gasteiger partial charge on any atom is 0.242 e. The fourth-order valence-electron chi connectivity index (χ4n) is 2.20. The molecule has 2 aromatic carbocycles. The molecule has 1 atom stereocenters. The van der Waals surface area contributed by atoms with Gasteiger partial charge in [-0.15, -0.1) is 0 Å². The monoisotopic (exact) mass is 391 g/mol. The van der Waals surface area contributed by atoms with Crippen molar-refractivity contribution in [2.75, 3.05) is 17.7 Å². The summed E-state index contributed by atoms with van der Waals surface area (Å²) in [4.78, 5) is 23.3. The molecule has 0 saturated carbocycles. The third-order valence-corrected chi connectivity index (χ3v) is 5.12. The second kappa shape index (κ2) is 8.65. The number of methoxy groups -OCH3 is 1. The first-order valence-electron chi connectivity index (χ1n) is 8.06. The number of carbonyl (C=O) groups is 2. The number of anilines is 2. The zero-order valence-electron chi connectivity index (χ0n) is 15.1. The van der Waals surface area contributed by atoms with E-state index in [1.807, 2.05) is 0 Å². The van der Waals surface area contributed by atoms with Gasteiger partial charge in [-0.2, -0.15) is 4.72 Å². The molecule has 27 heavy (non-hydrogen) atoms. The summed E-state index contributed by atoms with van der Waals surface area (Å²) >= 11 is 0. The largest absolute Gasteiger partial charge is 0.497 e. The number of sulfonamides is 1. The van der Waals surface area contributed by atoms with Gasteiger partial charge in [0, 0.05) is 18.3 Å². The first-order chi connectivity index (χ1) is 12.7. The molecule has 0 aliphatic carbocycles. The molecular formula is C18H21N3O5S. The Morgan fingerprint density at radius 1 is 0.926 bits per heavy atom. The van der Waals surface area contributed by atoms with E-state index < -0.39 is 22.0 Å². The smallest absolute Gasteiger partial charge is 0.242 e. The Kier molecular flexibility index (Phi) is 6.54. The van der Waals surface area contributed by atoms with E-state index in [0.29, 0.717) is 17.1 Å². The number of rotatable bonds is 7. The molecule has 2 rings (SSSR count). The lowest BCUT2D eigenvalue weighted by molar-refractivity contribution is -0.117. The van der Waals surface area contributed by atoms with Crippen LogP contribution in [0.15, 0.2) is 53.4 Å². The average Bonchev–Trinajstić information content (AvgIpc) is 2.62. The van der Waals surface area contributed by atoms with Crippen LogP contribution in [0.2, 0.25) is 0 Å². The summed E-state index contributed by atoms with van der Waals surface area (Å²) in [6.45, 7) is 2.84. The molecule has 9 heteroatoms. The van der Waals surface area contributed by atoms with Gasteiger partial charge in [0.05, 0.1) is 18.0 Å². The predicted octanol–water partition coefficient (Wildman–Crippen LogP) is 1.96. The van der Waals surface area contributed by atoms with Crippen LogP contribution >= 0.6 is 0 Å². The van der Waals surface area contributed by atoms with Crippen molar-refractivity contribution in [1.82, 2.24) is 4.72 Å². The summed E-state index contributed by atoms with van der Waals surface area (Å²) in [6, 6.07) is 11.3. The Balaban J connectivity index is 2.00. The molecular weight excluding hydrogens is 370 g/mol. The maximum atomic E-state index is 12.4. The fraction of sp³-hybridized carbons (Fsp3) is 0.222. The minimum Gasteiger partial charge on any atom is -0.497 e. The Bertz CT molecular complexity index is 909. The highest BCUT2D eigenvalue weighted by Crippen LogP contribution is 2.16. The third kappa shape index (κ3) is 5.80. The van der Waals surface area contributed by atoms with E-state index in [2.05, 4.69) is 15.4 Å². The van der Waals surface area contributed by atoms with Crippen LogP contribution in [0.5, 0.6) is 5.75 Å². The van der Waals surface area contributed by atoms with Gasteiger partial charge in [0.2, 0.25) is 21.8 Å².